The lowest BCUT2D eigenvalue weighted by Crippen LogP contribution is -2.17. The Labute approximate surface area is 95.6 Å². The highest BCUT2D eigenvalue weighted by molar-refractivity contribution is 6.30. The Morgan fingerprint density at radius 2 is 2.20 bits per heavy atom. The van der Waals surface area contributed by atoms with E-state index >= 15 is 0 Å². The lowest BCUT2D eigenvalue weighted by molar-refractivity contribution is 0.416. The van der Waals surface area contributed by atoms with Crippen molar-refractivity contribution in [1.82, 2.24) is 0 Å². The lowest BCUT2D eigenvalue weighted by Gasteiger charge is -2.17. The standard InChI is InChI=1S/C12H16ClNO/c1-8(9-3-4-9)14-11-7-10(13)5-6-12(11)15-2/h5-9,14H,3-4H2,1-2H3/t8-/m1/s1. The minimum atomic E-state index is 0.498. The molecule has 3 heteroatoms. The van der Waals surface area contributed by atoms with Crippen LogP contribution < -0.4 is 10.1 Å². The molecule has 1 atom stereocenters. The van der Waals surface area contributed by atoms with Crippen molar-refractivity contribution in [3.63, 3.8) is 0 Å². The van der Waals surface area contributed by atoms with Crippen molar-refractivity contribution < 1.29 is 4.74 Å². The van der Waals surface area contributed by atoms with Crippen LogP contribution in [0.3, 0.4) is 0 Å². The fourth-order valence-electron chi connectivity index (χ4n) is 1.75. The number of halogens is 1. The molecule has 2 rings (SSSR count). The Morgan fingerprint density at radius 3 is 2.80 bits per heavy atom. The molecule has 1 N–H and O–H groups in total. The molecular weight excluding hydrogens is 210 g/mol. The molecule has 82 valence electrons. The quantitative estimate of drug-likeness (QED) is 0.846. The van der Waals surface area contributed by atoms with Gasteiger partial charge in [0.15, 0.2) is 0 Å². The van der Waals surface area contributed by atoms with E-state index in [9.17, 15) is 0 Å². The van der Waals surface area contributed by atoms with Crippen molar-refractivity contribution in [2.45, 2.75) is 25.8 Å². The van der Waals surface area contributed by atoms with Crippen molar-refractivity contribution >= 4 is 17.3 Å². The van der Waals surface area contributed by atoms with Gasteiger partial charge in [0.25, 0.3) is 0 Å². The zero-order chi connectivity index (χ0) is 10.8. The Kier molecular flexibility index (Phi) is 3.06. The summed E-state index contributed by atoms with van der Waals surface area (Å²) in [4.78, 5) is 0. The normalized spacial score (nSPS) is 17.3. The highest BCUT2D eigenvalue weighted by Crippen LogP contribution is 2.36. The summed E-state index contributed by atoms with van der Waals surface area (Å²) in [6.45, 7) is 2.21. The molecule has 2 nitrogen and oxygen atoms in total. The SMILES string of the molecule is COc1ccc(Cl)cc1N[C@H](C)C1CC1. The van der Waals surface area contributed by atoms with Gasteiger partial charge in [0.05, 0.1) is 12.8 Å². The maximum Gasteiger partial charge on any atom is 0.142 e. The molecular formula is C12H16ClNO. The summed E-state index contributed by atoms with van der Waals surface area (Å²) in [6, 6.07) is 6.15. The second kappa shape index (κ2) is 4.31. The Hall–Kier alpha value is -0.890. The number of hydrogen-bond acceptors (Lipinski definition) is 2. The van der Waals surface area contributed by atoms with Crippen molar-refractivity contribution in [1.29, 1.82) is 0 Å². The molecule has 0 radical (unpaired) electrons. The van der Waals surface area contributed by atoms with Gasteiger partial charge in [-0.2, -0.15) is 0 Å². The summed E-state index contributed by atoms with van der Waals surface area (Å²) in [7, 11) is 1.68. The summed E-state index contributed by atoms with van der Waals surface area (Å²) >= 11 is 5.96. The molecule has 0 bridgehead atoms. The number of benzene rings is 1. The average Bonchev–Trinajstić information content (AvgIpc) is 3.01. The Balaban J connectivity index is 2.13. The number of anilines is 1. The van der Waals surface area contributed by atoms with E-state index in [2.05, 4.69) is 12.2 Å². The van der Waals surface area contributed by atoms with Gasteiger partial charge in [-0.25, -0.2) is 0 Å². The Morgan fingerprint density at radius 1 is 1.47 bits per heavy atom. The van der Waals surface area contributed by atoms with Gasteiger partial charge in [-0.3, -0.25) is 0 Å². The second-order valence-corrected chi connectivity index (χ2v) is 4.55. The van der Waals surface area contributed by atoms with E-state index in [1.165, 1.54) is 12.8 Å². The highest BCUT2D eigenvalue weighted by Gasteiger charge is 2.28. The summed E-state index contributed by atoms with van der Waals surface area (Å²) in [5.41, 5.74) is 0.990. The molecule has 0 aliphatic heterocycles. The summed E-state index contributed by atoms with van der Waals surface area (Å²) in [5.74, 6) is 1.67. The number of methoxy groups -OCH3 is 1. The fourth-order valence-corrected chi connectivity index (χ4v) is 1.92. The van der Waals surface area contributed by atoms with Gasteiger partial charge >= 0.3 is 0 Å². The van der Waals surface area contributed by atoms with E-state index in [1.807, 2.05) is 18.2 Å². The molecule has 0 saturated heterocycles. The maximum absolute atomic E-state index is 5.96. The van der Waals surface area contributed by atoms with Gasteiger partial charge in [0.1, 0.15) is 5.75 Å². The van der Waals surface area contributed by atoms with E-state index in [0.29, 0.717) is 6.04 Å². The van der Waals surface area contributed by atoms with E-state index < -0.39 is 0 Å². The molecule has 0 unspecified atom stereocenters. The van der Waals surface area contributed by atoms with E-state index in [0.717, 1.165) is 22.4 Å². The monoisotopic (exact) mass is 225 g/mol. The first-order valence-corrected chi connectivity index (χ1v) is 5.68. The third-order valence-electron chi connectivity index (χ3n) is 2.87. The van der Waals surface area contributed by atoms with Crippen LogP contribution in [0, 0.1) is 5.92 Å². The first-order chi connectivity index (χ1) is 7.20. The van der Waals surface area contributed by atoms with Crippen molar-refractivity contribution in [2.75, 3.05) is 12.4 Å². The molecule has 1 aromatic rings. The predicted octanol–water partition coefficient (Wildman–Crippen LogP) is 3.56. The molecule has 15 heavy (non-hydrogen) atoms. The number of ether oxygens (including phenoxy) is 1. The van der Waals surface area contributed by atoms with Crippen LogP contribution in [0.5, 0.6) is 5.75 Å². The molecule has 0 heterocycles. The van der Waals surface area contributed by atoms with E-state index in [4.69, 9.17) is 16.3 Å². The smallest absolute Gasteiger partial charge is 0.142 e. The molecule has 0 aromatic heterocycles. The maximum atomic E-state index is 5.96. The van der Waals surface area contributed by atoms with Gasteiger partial charge < -0.3 is 10.1 Å². The molecule has 1 fully saturated rings. The summed E-state index contributed by atoms with van der Waals surface area (Å²) < 4.78 is 5.28. The molecule has 1 aliphatic rings. The van der Waals surface area contributed by atoms with Gasteiger partial charge in [0, 0.05) is 11.1 Å². The number of rotatable bonds is 4. The van der Waals surface area contributed by atoms with Crippen LogP contribution in [0.4, 0.5) is 5.69 Å². The predicted molar refractivity (Wildman–Crippen MR) is 63.8 cm³/mol. The molecule has 0 amide bonds. The molecule has 1 saturated carbocycles. The van der Waals surface area contributed by atoms with Gasteiger partial charge in [-0.1, -0.05) is 11.6 Å². The summed E-state index contributed by atoms with van der Waals surface area (Å²) in [5, 5.41) is 4.19. The van der Waals surface area contributed by atoms with Gasteiger partial charge in [-0.05, 0) is 43.9 Å². The van der Waals surface area contributed by atoms with Crippen LogP contribution in [-0.4, -0.2) is 13.2 Å². The number of nitrogens with one attached hydrogen (secondary N) is 1. The highest BCUT2D eigenvalue weighted by atomic mass is 35.5. The molecule has 1 aliphatic carbocycles. The minimum Gasteiger partial charge on any atom is -0.495 e. The average molecular weight is 226 g/mol. The van der Waals surface area contributed by atoms with E-state index in [1.54, 1.807) is 7.11 Å². The lowest BCUT2D eigenvalue weighted by atomic mass is 10.2. The Bertz CT molecular complexity index is 349. The third kappa shape index (κ3) is 2.57. The summed E-state index contributed by atoms with van der Waals surface area (Å²) in [6.07, 6.45) is 2.66. The van der Waals surface area contributed by atoms with Crippen molar-refractivity contribution in [3.05, 3.63) is 23.2 Å². The van der Waals surface area contributed by atoms with Gasteiger partial charge in [-0.15, -0.1) is 0 Å². The van der Waals surface area contributed by atoms with E-state index in [-0.39, 0.29) is 0 Å². The van der Waals surface area contributed by atoms with Crippen LogP contribution in [0.2, 0.25) is 5.02 Å². The largest absolute Gasteiger partial charge is 0.495 e. The second-order valence-electron chi connectivity index (χ2n) is 4.12. The minimum absolute atomic E-state index is 0.498. The fraction of sp³-hybridized carbons (Fsp3) is 0.500. The number of hydrogen-bond donors (Lipinski definition) is 1. The van der Waals surface area contributed by atoms with Crippen LogP contribution >= 0.6 is 11.6 Å². The van der Waals surface area contributed by atoms with Crippen molar-refractivity contribution in [3.8, 4) is 5.75 Å². The van der Waals surface area contributed by atoms with Crippen LogP contribution in [0.15, 0.2) is 18.2 Å². The zero-order valence-corrected chi connectivity index (χ0v) is 9.84. The van der Waals surface area contributed by atoms with Crippen LogP contribution in [0.1, 0.15) is 19.8 Å². The van der Waals surface area contributed by atoms with Gasteiger partial charge in [0.2, 0.25) is 0 Å². The third-order valence-corrected chi connectivity index (χ3v) is 3.11. The zero-order valence-electron chi connectivity index (χ0n) is 9.09. The van der Waals surface area contributed by atoms with Crippen molar-refractivity contribution in [2.24, 2.45) is 5.92 Å². The molecule has 1 aromatic carbocycles. The van der Waals surface area contributed by atoms with Crippen LogP contribution in [-0.2, 0) is 0 Å². The molecule has 0 spiro atoms. The topological polar surface area (TPSA) is 21.3 Å². The first-order valence-electron chi connectivity index (χ1n) is 5.31. The first kappa shape index (κ1) is 10.6. The van der Waals surface area contributed by atoms with Crippen LogP contribution in [0.25, 0.3) is 0 Å².